The van der Waals surface area contributed by atoms with Crippen LogP contribution in [0.1, 0.15) is 51.5 Å². The first-order valence-corrected chi connectivity index (χ1v) is 10.4. The molecule has 28 heavy (non-hydrogen) atoms. The van der Waals surface area contributed by atoms with Gasteiger partial charge >= 0.3 is 0 Å². The predicted molar refractivity (Wildman–Crippen MR) is 108 cm³/mol. The maximum Gasteiger partial charge on any atom is 0.243 e. The summed E-state index contributed by atoms with van der Waals surface area (Å²) in [6.07, 6.45) is 14.7. The first kappa shape index (κ1) is 17.8. The number of fused-ring (bicyclic) bond motifs is 5. The lowest BCUT2D eigenvalue weighted by molar-refractivity contribution is -0.116. The fourth-order valence-electron chi connectivity index (χ4n) is 6.54. The third kappa shape index (κ3) is 2.46. The summed E-state index contributed by atoms with van der Waals surface area (Å²) in [6, 6.07) is 1.61. The molecule has 4 atom stereocenters. The van der Waals surface area contributed by atoms with Gasteiger partial charge in [-0.2, -0.15) is 0 Å². The Morgan fingerprint density at radius 1 is 1.18 bits per heavy atom. The standard InChI is InChI=1S/C24H27FN2O/c1-23-9-10-27-22(28)12-16(23)3-4-18-20-6-5-19(15-11-17(25)14-26-13-15)24(20,2)8-7-21(18)23/h5-6,11-14,18,21H,3-4,7-10H2,1-2H3,(H,27,28). The monoisotopic (exact) mass is 378 g/mol. The number of rotatable bonds is 1. The molecule has 0 bridgehead atoms. The van der Waals surface area contributed by atoms with E-state index >= 15 is 0 Å². The highest BCUT2D eigenvalue weighted by atomic mass is 19.1. The Morgan fingerprint density at radius 2 is 2.04 bits per heavy atom. The Morgan fingerprint density at radius 3 is 2.86 bits per heavy atom. The Bertz CT molecular complexity index is 946. The summed E-state index contributed by atoms with van der Waals surface area (Å²) < 4.78 is 13.8. The van der Waals surface area contributed by atoms with Crippen molar-refractivity contribution in [2.24, 2.45) is 22.7 Å². The number of allylic oxidation sites excluding steroid dienone is 5. The molecule has 0 saturated heterocycles. The second kappa shape index (κ2) is 6.13. The van der Waals surface area contributed by atoms with Crippen molar-refractivity contribution in [3.8, 4) is 0 Å². The number of carbonyl (C=O) groups excluding carboxylic acids is 1. The Balaban J connectivity index is 1.49. The zero-order valence-corrected chi connectivity index (χ0v) is 16.6. The lowest BCUT2D eigenvalue weighted by Crippen LogP contribution is -2.46. The molecule has 0 aromatic carbocycles. The second-order valence-electron chi connectivity index (χ2n) is 9.34. The molecule has 1 N–H and O–H groups in total. The van der Waals surface area contributed by atoms with Crippen molar-refractivity contribution in [1.82, 2.24) is 10.3 Å². The molecular weight excluding hydrogens is 351 g/mol. The quantitative estimate of drug-likeness (QED) is 0.761. The van der Waals surface area contributed by atoms with E-state index in [-0.39, 0.29) is 22.6 Å². The normalized spacial score (nSPS) is 36.8. The summed E-state index contributed by atoms with van der Waals surface area (Å²) >= 11 is 0. The number of halogens is 1. The minimum atomic E-state index is -0.278. The zero-order chi connectivity index (χ0) is 19.5. The molecule has 1 amide bonds. The second-order valence-corrected chi connectivity index (χ2v) is 9.34. The zero-order valence-electron chi connectivity index (χ0n) is 16.6. The van der Waals surface area contributed by atoms with Crippen LogP contribution < -0.4 is 5.32 Å². The smallest absolute Gasteiger partial charge is 0.243 e. The molecule has 1 aliphatic heterocycles. The van der Waals surface area contributed by atoms with Gasteiger partial charge in [0.25, 0.3) is 0 Å². The average Bonchev–Trinajstić information content (AvgIpc) is 2.93. The van der Waals surface area contributed by atoms with Crippen molar-refractivity contribution >= 4 is 11.5 Å². The molecule has 146 valence electrons. The van der Waals surface area contributed by atoms with Crippen LogP contribution in [0.2, 0.25) is 0 Å². The molecule has 2 saturated carbocycles. The first-order valence-electron chi connectivity index (χ1n) is 10.4. The third-order valence-electron chi connectivity index (χ3n) is 8.04. The molecule has 0 radical (unpaired) electrons. The van der Waals surface area contributed by atoms with Crippen LogP contribution in [0.5, 0.6) is 0 Å². The molecule has 5 rings (SSSR count). The first-order chi connectivity index (χ1) is 13.4. The summed E-state index contributed by atoms with van der Waals surface area (Å²) in [5.74, 6) is 0.891. The number of carbonyl (C=O) groups is 1. The number of aromatic nitrogens is 1. The largest absolute Gasteiger partial charge is 0.353 e. The summed E-state index contributed by atoms with van der Waals surface area (Å²) in [7, 11) is 0. The van der Waals surface area contributed by atoms with Crippen molar-refractivity contribution < 1.29 is 9.18 Å². The number of hydrogen-bond acceptors (Lipinski definition) is 2. The van der Waals surface area contributed by atoms with Gasteiger partial charge in [0.05, 0.1) is 6.20 Å². The van der Waals surface area contributed by atoms with Crippen LogP contribution in [-0.4, -0.2) is 17.4 Å². The van der Waals surface area contributed by atoms with Crippen LogP contribution in [0.4, 0.5) is 4.39 Å². The van der Waals surface area contributed by atoms with E-state index in [2.05, 4.69) is 36.3 Å². The molecule has 0 spiro atoms. The van der Waals surface area contributed by atoms with Gasteiger partial charge in [0.1, 0.15) is 5.82 Å². The molecule has 4 heteroatoms. The van der Waals surface area contributed by atoms with E-state index in [1.807, 2.05) is 6.08 Å². The number of nitrogens with one attached hydrogen (secondary N) is 1. The van der Waals surface area contributed by atoms with Gasteiger partial charge in [-0.3, -0.25) is 9.78 Å². The van der Waals surface area contributed by atoms with Gasteiger partial charge in [-0.05, 0) is 66.6 Å². The Kier molecular flexibility index (Phi) is 3.91. The number of pyridine rings is 1. The van der Waals surface area contributed by atoms with Gasteiger partial charge in [-0.15, -0.1) is 0 Å². The lowest BCUT2D eigenvalue weighted by atomic mass is 9.49. The number of hydrogen-bond donors (Lipinski definition) is 1. The van der Waals surface area contributed by atoms with Crippen molar-refractivity contribution in [1.29, 1.82) is 0 Å². The third-order valence-corrected chi connectivity index (χ3v) is 8.04. The molecule has 4 aliphatic rings. The van der Waals surface area contributed by atoms with Crippen molar-refractivity contribution in [2.75, 3.05) is 6.54 Å². The van der Waals surface area contributed by atoms with Gasteiger partial charge in [-0.25, -0.2) is 4.39 Å². The summed E-state index contributed by atoms with van der Waals surface area (Å²) in [6.45, 7) is 5.46. The summed E-state index contributed by atoms with van der Waals surface area (Å²) in [4.78, 5) is 16.1. The van der Waals surface area contributed by atoms with E-state index in [9.17, 15) is 9.18 Å². The topological polar surface area (TPSA) is 42.0 Å². The number of amides is 1. The van der Waals surface area contributed by atoms with Gasteiger partial charge in [-0.1, -0.05) is 37.1 Å². The Hall–Kier alpha value is -2.23. The van der Waals surface area contributed by atoms with E-state index in [1.54, 1.807) is 12.3 Å². The predicted octanol–water partition coefficient (Wildman–Crippen LogP) is 4.82. The lowest BCUT2D eigenvalue weighted by Gasteiger charge is -2.55. The summed E-state index contributed by atoms with van der Waals surface area (Å²) in [5, 5.41) is 3.03. The molecule has 2 fully saturated rings. The van der Waals surface area contributed by atoms with Gasteiger partial charge < -0.3 is 5.32 Å². The molecular formula is C24H27FN2O. The van der Waals surface area contributed by atoms with Crippen LogP contribution in [0.25, 0.3) is 5.57 Å². The molecule has 1 aromatic rings. The van der Waals surface area contributed by atoms with Gasteiger partial charge in [0.2, 0.25) is 5.91 Å². The summed E-state index contributed by atoms with van der Waals surface area (Å²) in [5.41, 5.74) is 5.01. The minimum absolute atomic E-state index is 0.0347. The van der Waals surface area contributed by atoms with Crippen LogP contribution in [0.3, 0.4) is 0 Å². The SMILES string of the molecule is CC12CCC3C(CCC4=CC(=O)NCCC43C)C1=CC=C2c1cncc(F)c1. The van der Waals surface area contributed by atoms with E-state index in [0.29, 0.717) is 11.8 Å². The molecule has 3 nitrogen and oxygen atoms in total. The van der Waals surface area contributed by atoms with Crippen LogP contribution in [0.15, 0.2) is 47.8 Å². The fraction of sp³-hybridized carbons (Fsp3) is 0.500. The molecule has 2 heterocycles. The fourth-order valence-corrected chi connectivity index (χ4v) is 6.54. The van der Waals surface area contributed by atoms with Gasteiger partial charge in [0, 0.05) is 24.2 Å². The Labute approximate surface area is 165 Å². The van der Waals surface area contributed by atoms with Gasteiger partial charge in [0.15, 0.2) is 0 Å². The molecule has 4 unspecified atom stereocenters. The highest BCUT2D eigenvalue weighted by Crippen LogP contribution is 2.64. The van der Waals surface area contributed by atoms with Crippen LogP contribution in [-0.2, 0) is 4.79 Å². The highest BCUT2D eigenvalue weighted by molar-refractivity contribution is 5.89. The van der Waals surface area contributed by atoms with E-state index in [1.165, 1.54) is 22.9 Å². The van der Waals surface area contributed by atoms with Crippen molar-refractivity contribution in [3.63, 3.8) is 0 Å². The van der Waals surface area contributed by atoms with Crippen molar-refractivity contribution in [3.05, 3.63) is 59.2 Å². The maximum absolute atomic E-state index is 13.8. The average molecular weight is 378 g/mol. The van der Waals surface area contributed by atoms with Crippen molar-refractivity contribution in [2.45, 2.75) is 46.0 Å². The molecule has 3 aliphatic carbocycles. The maximum atomic E-state index is 13.8. The van der Waals surface area contributed by atoms with Crippen LogP contribution in [0, 0.1) is 28.5 Å². The van der Waals surface area contributed by atoms with E-state index in [4.69, 9.17) is 0 Å². The minimum Gasteiger partial charge on any atom is -0.353 e. The highest BCUT2D eigenvalue weighted by Gasteiger charge is 2.54. The molecule has 1 aromatic heterocycles. The number of nitrogens with zero attached hydrogens (tertiary/aromatic N) is 1. The van der Waals surface area contributed by atoms with E-state index in [0.717, 1.165) is 44.2 Å². The van der Waals surface area contributed by atoms with E-state index < -0.39 is 0 Å². The van der Waals surface area contributed by atoms with Crippen LogP contribution >= 0.6 is 0 Å².